The molecule has 1 amide bonds. The first kappa shape index (κ1) is 16.5. The van der Waals surface area contributed by atoms with E-state index in [0.717, 1.165) is 6.54 Å². The lowest BCUT2D eigenvalue weighted by atomic mass is 10.2. The van der Waals surface area contributed by atoms with Gasteiger partial charge in [-0.25, -0.2) is 9.97 Å². The predicted molar refractivity (Wildman–Crippen MR) is 75.8 cm³/mol. The van der Waals surface area contributed by atoms with Crippen LogP contribution in [0.15, 0.2) is 6.33 Å². The van der Waals surface area contributed by atoms with Gasteiger partial charge in [0.25, 0.3) is 5.91 Å². The van der Waals surface area contributed by atoms with Crippen LogP contribution in [0.25, 0.3) is 0 Å². The van der Waals surface area contributed by atoms with Crippen molar-refractivity contribution in [3.63, 3.8) is 0 Å². The van der Waals surface area contributed by atoms with Gasteiger partial charge in [-0.2, -0.15) is 0 Å². The number of hydrogen-bond acceptors (Lipinski definition) is 6. The van der Waals surface area contributed by atoms with Crippen molar-refractivity contribution in [1.82, 2.24) is 20.2 Å². The summed E-state index contributed by atoms with van der Waals surface area (Å²) in [7, 11) is 2.94. The number of ether oxygens (including phenoxy) is 2. The number of carbonyl (C=O) groups is 1. The molecule has 2 heterocycles. The summed E-state index contributed by atoms with van der Waals surface area (Å²) in [6.07, 6.45) is 1.31. The molecule has 1 aliphatic heterocycles. The number of nitrogens with one attached hydrogen (secondary N) is 1. The molecule has 20 heavy (non-hydrogen) atoms. The monoisotopic (exact) mass is 302 g/mol. The maximum atomic E-state index is 12.6. The summed E-state index contributed by atoms with van der Waals surface area (Å²) in [5, 5.41) is 3.29. The SMILES string of the molecule is COc1ncnc(OC)c1C(=O)N1CCNC(C)C1.Cl. The number of amides is 1. The molecule has 8 heteroatoms. The Balaban J connectivity index is 0.00000200. The highest BCUT2D eigenvalue weighted by Crippen LogP contribution is 2.25. The minimum Gasteiger partial charge on any atom is -0.480 e. The minimum absolute atomic E-state index is 0. The number of aromatic nitrogens is 2. The van der Waals surface area contributed by atoms with E-state index in [1.807, 2.05) is 6.92 Å². The Kier molecular flexibility index (Phi) is 5.97. The molecule has 2 rings (SSSR count). The summed E-state index contributed by atoms with van der Waals surface area (Å²) < 4.78 is 10.3. The van der Waals surface area contributed by atoms with E-state index in [-0.39, 0.29) is 41.7 Å². The standard InChI is InChI=1S/C12H18N4O3.ClH/c1-8-6-16(5-4-13-8)12(17)9-10(18-2)14-7-15-11(9)19-3;/h7-8,13H,4-6H2,1-3H3;1H. The van der Waals surface area contributed by atoms with Crippen molar-refractivity contribution in [3.05, 3.63) is 11.9 Å². The van der Waals surface area contributed by atoms with Crippen molar-refractivity contribution in [2.24, 2.45) is 0 Å². The second-order valence-corrected chi connectivity index (χ2v) is 4.37. The molecule has 1 fully saturated rings. The Bertz CT molecular complexity index is 450. The lowest BCUT2D eigenvalue weighted by Gasteiger charge is -2.32. The molecule has 1 saturated heterocycles. The van der Waals surface area contributed by atoms with Gasteiger partial charge in [0.05, 0.1) is 14.2 Å². The molecule has 1 aliphatic rings. The van der Waals surface area contributed by atoms with Crippen LogP contribution < -0.4 is 14.8 Å². The molecule has 7 nitrogen and oxygen atoms in total. The van der Waals surface area contributed by atoms with Crippen LogP contribution in [0.1, 0.15) is 17.3 Å². The van der Waals surface area contributed by atoms with Gasteiger partial charge in [0.1, 0.15) is 6.33 Å². The number of nitrogens with zero attached hydrogens (tertiary/aromatic N) is 3. The highest BCUT2D eigenvalue weighted by molar-refractivity contribution is 5.98. The molecule has 0 spiro atoms. The summed E-state index contributed by atoms with van der Waals surface area (Å²) in [6, 6.07) is 0.263. The van der Waals surface area contributed by atoms with Gasteiger partial charge in [-0.3, -0.25) is 4.79 Å². The molecule has 1 aromatic rings. The van der Waals surface area contributed by atoms with Crippen molar-refractivity contribution in [1.29, 1.82) is 0 Å². The fourth-order valence-corrected chi connectivity index (χ4v) is 2.12. The van der Waals surface area contributed by atoms with E-state index in [4.69, 9.17) is 9.47 Å². The lowest BCUT2D eigenvalue weighted by Crippen LogP contribution is -2.51. The maximum absolute atomic E-state index is 12.6. The molecule has 1 unspecified atom stereocenters. The molecule has 0 bridgehead atoms. The van der Waals surface area contributed by atoms with Crippen LogP contribution in [0.3, 0.4) is 0 Å². The highest BCUT2D eigenvalue weighted by atomic mass is 35.5. The fourth-order valence-electron chi connectivity index (χ4n) is 2.12. The van der Waals surface area contributed by atoms with E-state index >= 15 is 0 Å². The van der Waals surface area contributed by atoms with Gasteiger partial charge in [0, 0.05) is 25.7 Å². The van der Waals surface area contributed by atoms with Gasteiger partial charge >= 0.3 is 0 Å². The third-order valence-corrected chi connectivity index (χ3v) is 3.03. The average Bonchev–Trinajstić information content (AvgIpc) is 2.45. The van der Waals surface area contributed by atoms with Crippen LogP contribution in [-0.2, 0) is 0 Å². The van der Waals surface area contributed by atoms with Crippen LogP contribution in [-0.4, -0.2) is 60.7 Å². The van der Waals surface area contributed by atoms with E-state index in [0.29, 0.717) is 13.1 Å². The van der Waals surface area contributed by atoms with Crippen molar-refractivity contribution in [3.8, 4) is 11.8 Å². The summed E-state index contributed by atoms with van der Waals surface area (Å²) >= 11 is 0. The number of carbonyl (C=O) groups excluding carboxylic acids is 1. The first-order chi connectivity index (χ1) is 9.17. The largest absolute Gasteiger partial charge is 0.480 e. The summed E-state index contributed by atoms with van der Waals surface area (Å²) in [5.74, 6) is 0.314. The first-order valence-corrected chi connectivity index (χ1v) is 6.13. The molecule has 0 aliphatic carbocycles. The maximum Gasteiger partial charge on any atom is 0.265 e. The second kappa shape index (κ2) is 7.25. The molecule has 0 radical (unpaired) electrons. The summed E-state index contributed by atoms with van der Waals surface area (Å²) in [6.45, 7) is 4.09. The highest BCUT2D eigenvalue weighted by Gasteiger charge is 2.28. The van der Waals surface area contributed by atoms with E-state index < -0.39 is 0 Å². The van der Waals surface area contributed by atoms with Gasteiger partial charge in [-0.15, -0.1) is 12.4 Å². The molecule has 1 N–H and O–H groups in total. The molecular formula is C12H19ClN4O3. The van der Waals surface area contributed by atoms with E-state index in [2.05, 4.69) is 15.3 Å². The normalized spacial score (nSPS) is 18.1. The van der Waals surface area contributed by atoms with Gasteiger partial charge in [-0.05, 0) is 6.92 Å². The topological polar surface area (TPSA) is 76.6 Å². The zero-order valence-corrected chi connectivity index (χ0v) is 12.6. The Hall–Kier alpha value is -1.60. The average molecular weight is 303 g/mol. The molecule has 0 saturated carbocycles. The number of methoxy groups -OCH3 is 2. The van der Waals surface area contributed by atoms with E-state index in [1.54, 1.807) is 4.90 Å². The van der Waals surface area contributed by atoms with Gasteiger partial charge < -0.3 is 19.7 Å². The van der Waals surface area contributed by atoms with Crippen molar-refractivity contribution >= 4 is 18.3 Å². The van der Waals surface area contributed by atoms with Crippen molar-refractivity contribution < 1.29 is 14.3 Å². The van der Waals surface area contributed by atoms with Gasteiger partial charge in [-0.1, -0.05) is 0 Å². The second-order valence-electron chi connectivity index (χ2n) is 4.37. The van der Waals surface area contributed by atoms with E-state index in [1.165, 1.54) is 20.5 Å². The lowest BCUT2D eigenvalue weighted by molar-refractivity contribution is 0.0700. The molecule has 1 aromatic heterocycles. The fraction of sp³-hybridized carbons (Fsp3) is 0.583. The Morgan fingerprint density at radius 1 is 1.35 bits per heavy atom. The molecular weight excluding hydrogens is 284 g/mol. The first-order valence-electron chi connectivity index (χ1n) is 6.13. The Labute approximate surface area is 124 Å². The zero-order valence-electron chi connectivity index (χ0n) is 11.8. The molecule has 0 aromatic carbocycles. The van der Waals surface area contributed by atoms with Crippen LogP contribution in [0, 0.1) is 0 Å². The van der Waals surface area contributed by atoms with Gasteiger partial charge in [0.15, 0.2) is 5.56 Å². The smallest absolute Gasteiger partial charge is 0.265 e. The number of halogens is 1. The predicted octanol–water partition coefficient (Wildman–Crippen LogP) is 0.349. The van der Waals surface area contributed by atoms with Crippen molar-refractivity contribution in [2.45, 2.75) is 13.0 Å². The van der Waals surface area contributed by atoms with Crippen LogP contribution >= 0.6 is 12.4 Å². The third-order valence-electron chi connectivity index (χ3n) is 3.03. The van der Waals surface area contributed by atoms with Crippen molar-refractivity contribution in [2.75, 3.05) is 33.9 Å². The zero-order chi connectivity index (χ0) is 13.8. The van der Waals surface area contributed by atoms with Crippen LogP contribution in [0.2, 0.25) is 0 Å². The minimum atomic E-state index is -0.164. The van der Waals surface area contributed by atoms with Crippen LogP contribution in [0.4, 0.5) is 0 Å². The Morgan fingerprint density at radius 3 is 2.45 bits per heavy atom. The third kappa shape index (κ3) is 3.29. The van der Waals surface area contributed by atoms with E-state index in [9.17, 15) is 4.79 Å². The van der Waals surface area contributed by atoms with Gasteiger partial charge in [0.2, 0.25) is 11.8 Å². The number of hydrogen-bond donors (Lipinski definition) is 1. The molecule has 112 valence electrons. The van der Waals surface area contributed by atoms with Crippen LogP contribution in [0.5, 0.6) is 11.8 Å². The Morgan fingerprint density at radius 2 is 1.95 bits per heavy atom. The molecule has 1 atom stereocenters. The number of piperazine rings is 1. The quantitative estimate of drug-likeness (QED) is 0.868. The number of rotatable bonds is 3. The summed E-state index contributed by atoms with van der Waals surface area (Å²) in [5.41, 5.74) is 0.279. The summed E-state index contributed by atoms with van der Waals surface area (Å²) in [4.78, 5) is 22.2.